The summed E-state index contributed by atoms with van der Waals surface area (Å²) in [5, 5.41) is 7.46. The number of ether oxygens (including phenoxy) is 1. The van der Waals surface area contributed by atoms with Crippen LogP contribution in [0.4, 0.5) is 0 Å². The van der Waals surface area contributed by atoms with Gasteiger partial charge in [0.1, 0.15) is 6.10 Å². The second-order valence-electron chi connectivity index (χ2n) is 6.95. The first-order valence-electron chi connectivity index (χ1n) is 8.47. The van der Waals surface area contributed by atoms with E-state index < -0.39 is 14.6 Å². The van der Waals surface area contributed by atoms with Gasteiger partial charge in [0.15, 0.2) is 15.8 Å². The molecule has 1 saturated heterocycles. The van der Waals surface area contributed by atoms with E-state index in [0.717, 1.165) is 11.5 Å². The molecule has 26 heavy (non-hydrogen) atoms. The molecule has 2 heterocycles. The Morgan fingerprint density at radius 1 is 1.50 bits per heavy atom. The maximum atomic E-state index is 11.9. The van der Waals surface area contributed by atoms with Crippen LogP contribution in [0.5, 0.6) is 0 Å². The molecule has 1 N–H and O–H groups in total. The number of halogens is 1. The maximum absolute atomic E-state index is 11.9. The summed E-state index contributed by atoms with van der Waals surface area (Å²) in [4.78, 5) is 6.70. The summed E-state index contributed by atoms with van der Waals surface area (Å²) < 4.78 is 30.5. The molecular weight excluding hydrogens is 469 g/mol. The molecule has 8 nitrogen and oxygen atoms in total. The van der Waals surface area contributed by atoms with Crippen molar-refractivity contribution in [1.82, 2.24) is 20.0 Å². The van der Waals surface area contributed by atoms with Crippen molar-refractivity contribution in [3.63, 3.8) is 0 Å². The Morgan fingerprint density at radius 2 is 2.19 bits per heavy atom. The van der Waals surface area contributed by atoms with Gasteiger partial charge in [-0.2, -0.15) is 5.10 Å². The molecular formula is C16H30IN5O3S. The molecule has 1 aromatic rings. The Morgan fingerprint density at radius 3 is 2.73 bits per heavy atom. The van der Waals surface area contributed by atoms with Gasteiger partial charge < -0.3 is 15.0 Å². The van der Waals surface area contributed by atoms with Crippen LogP contribution < -0.4 is 5.32 Å². The van der Waals surface area contributed by atoms with Gasteiger partial charge in [0, 0.05) is 38.2 Å². The molecule has 0 amide bonds. The van der Waals surface area contributed by atoms with Crippen LogP contribution in [0.2, 0.25) is 0 Å². The lowest BCUT2D eigenvalue weighted by Crippen LogP contribution is -2.49. The average Bonchev–Trinajstić information content (AvgIpc) is 2.97. The molecule has 1 atom stereocenters. The lowest BCUT2D eigenvalue weighted by atomic mass is 10.1. The third-order valence-electron chi connectivity index (χ3n) is 4.41. The maximum Gasteiger partial charge on any atom is 0.194 e. The van der Waals surface area contributed by atoms with Gasteiger partial charge in [-0.25, -0.2) is 8.42 Å². The zero-order valence-electron chi connectivity index (χ0n) is 16.1. The topological polar surface area (TPSA) is 88.8 Å². The van der Waals surface area contributed by atoms with E-state index in [1.807, 2.05) is 26.4 Å². The minimum absolute atomic E-state index is 0. The molecule has 0 radical (unpaired) electrons. The van der Waals surface area contributed by atoms with E-state index in [0.29, 0.717) is 26.2 Å². The number of aryl methyl sites for hydroxylation is 1. The molecule has 150 valence electrons. The average molecular weight is 499 g/mol. The number of morpholine rings is 1. The Hall–Kier alpha value is -0.880. The first-order valence-corrected chi connectivity index (χ1v) is 10.4. The Balaban J connectivity index is 0.00000338. The smallest absolute Gasteiger partial charge is 0.194 e. The number of nitrogens with one attached hydrogen (secondary N) is 1. The van der Waals surface area contributed by atoms with E-state index in [1.165, 1.54) is 6.26 Å². The summed E-state index contributed by atoms with van der Waals surface area (Å²) in [6, 6.07) is 0. The molecule has 2 rings (SSSR count). The van der Waals surface area contributed by atoms with Crippen LogP contribution in [0.3, 0.4) is 0 Å². The lowest BCUT2D eigenvalue weighted by Gasteiger charge is -2.35. The minimum Gasteiger partial charge on any atom is -0.370 e. The van der Waals surface area contributed by atoms with Crippen molar-refractivity contribution in [1.29, 1.82) is 0 Å². The Labute approximate surface area is 173 Å². The van der Waals surface area contributed by atoms with Gasteiger partial charge in [-0.3, -0.25) is 9.67 Å². The van der Waals surface area contributed by atoms with Gasteiger partial charge in [0.2, 0.25) is 0 Å². The molecule has 1 unspecified atom stereocenters. The highest BCUT2D eigenvalue weighted by atomic mass is 127. The van der Waals surface area contributed by atoms with E-state index in [9.17, 15) is 8.42 Å². The largest absolute Gasteiger partial charge is 0.370 e. The molecule has 0 spiro atoms. The van der Waals surface area contributed by atoms with Crippen molar-refractivity contribution >= 4 is 39.8 Å². The van der Waals surface area contributed by atoms with Gasteiger partial charge in [-0.05, 0) is 20.8 Å². The summed E-state index contributed by atoms with van der Waals surface area (Å²) >= 11 is 0. The standard InChI is InChI=1S/C16H29N5O3S.HI/c1-6-17-15(18-12-16(2,3)25(5,22)23)21-7-8-24-14(11-21)13-9-19-20(4)10-13;/h9-10,14H,6-8,11-12H2,1-5H3,(H,17,18);1H. The van der Waals surface area contributed by atoms with Crippen LogP contribution in [-0.2, 0) is 21.6 Å². The van der Waals surface area contributed by atoms with Crippen LogP contribution in [0.1, 0.15) is 32.4 Å². The number of hydrogen-bond donors (Lipinski definition) is 1. The molecule has 10 heteroatoms. The zero-order chi connectivity index (χ0) is 18.7. The fourth-order valence-corrected chi connectivity index (χ4v) is 2.76. The van der Waals surface area contributed by atoms with Crippen molar-refractivity contribution in [2.24, 2.45) is 12.0 Å². The molecule has 0 bridgehead atoms. The number of sulfone groups is 1. The van der Waals surface area contributed by atoms with Crippen LogP contribution in [-0.4, -0.2) is 72.8 Å². The van der Waals surface area contributed by atoms with Crippen LogP contribution in [0.25, 0.3) is 0 Å². The van der Waals surface area contributed by atoms with Crippen LogP contribution in [0.15, 0.2) is 17.4 Å². The Kier molecular flexibility index (Phi) is 8.33. The highest BCUT2D eigenvalue weighted by Gasteiger charge is 2.31. The molecule has 1 aliphatic heterocycles. The molecule has 0 aliphatic carbocycles. The second-order valence-corrected chi connectivity index (χ2v) is 9.60. The number of aromatic nitrogens is 2. The number of guanidine groups is 1. The minimum atomic E-state index is -3.18. The zero-order valence-corrected chi connectivity index (χ0v) is 19.2. The lowest BCUT2D eigenvalue weighted by molar-refractivity contribution is -0.00805. The molecule has 0 aromatic carbocycles. The summed E-state index contributed by atoms with van der Waals surface area (Å²) in [6.07, 6.45) is 4.94. The highest BCUT2D eigenvalue weighted by molar-refractivity contribution is 14.0. The first-order chi connectivity index (χ1) is 11.6. The van der Waals surface area contributed by atoms with E-state index in [-0.39, 0.29) is 36.6 Å². The molecule has 0 saturated carbocycles. The van der Waals surface area contributed by atoms with Gasteiger partial charge >= 0.3 is 0 Å². The van der Waals surface area contributed by atoms with Gasteiger partial charge in [0.25, 0.3) is 0 Å². The van der Waals surface area contributed by atoms with Gasteiger partial charge in [-0.1, -0.05) is 0 Å². The molecule has 1 aromatic heterocycles. The van der Waals surface area contributed by atoms with Gasteiger partial charge in [-0.15, -0.1) is 24.0 Å². The van der Waals surface area contributed by atoms with Crippen LogP contribution in [0, 0.1) is 0 Å². The third kappa shape index (κ3) is 5.81. The monoisotopic (exact) mass is 499 g/mol. The second kappa shape index (κ2) is 9.36. The van der Waals surface area contributed by atoms with Crippen molar-refractivity contribution in [2.75, 3.05) is 39.0 Å². The molecule has 1 fully saturated rings. The summed E-state index contributed by atoms with van der Waals surface area (Å²) in [5.41, 5.74) is 1.03. The van der Waals surface area contributed by atoms with Crippen molar-refractivity contribution < 1.29 is 13.2 Å². The van der Waals surface area contributed by atoms with E-state index in [4.69, 9.17) is 4.74 Å². The fraction of sp³-hybridized carbons (Fsp3) is 0.750. The Bertz CT molecular complexity index is 717. The summed E-state index contributed by atoms with van der Waals surface area (Å²) in [7, 11) is -1.31. The number of hydrogen-bond acceptors (Lipinski definition) is 5. The highest BCUT2D eigenvalue weighted by Crippen LogP contribution is 2.22. The number of aliphatic imine (C=N–C) groups is 1. The van der Waals surface area contributed by atoms with E-state index >= 15 is 0 Å². The predicted octanol–water partition coefficient (Wildman–Crippen LogP) is 1.20. The van der Waals surface area contributed by atoms with E-state index in [2.05, 4.69) is 20.3 Å². The van der Waals surface area contributed by atoms with Crippen molar-refractivity contribution in [3.05, 3.63) is 18.0 Å². The SMILES string of the molecule is CCNC(=NCC(C)(C)S(C)(=O)=O)N1CCOC(c2cnn(C)c2)C1.I. The third-order valence-corrected chi connectivity index (χ3v) is 6.55. The van der Waals surface area contributed by atoms with E-state index in [1.54, 1.807) is 18.5 Å². The first kappa shape index (κ1) is 23.2. The quantitative estimate of drug-likeness (QED) is 0.372. The van der Waals surface area contributed by atoms with Crippen molar-refractivity contribution in [3.8, 4) is 0 Å². The fourth-order valence-electron chi connectivity index (χ4n) is 2.46. The summed E-state index contributed by atoms with van der Waals surface area (Å²) in [6.45, 7) is 8.27. The normalized spacial score (nSPS) is 19.2. The van der Waals surface area contributed by atoms with Crippen molar-refractivity contribution in [2.45, 2.75) is 31.6 Å². The molecule has 1 aliphatic rings. The summed E-state index contributed by atoms with van der Waals surface area (Å²) in [5.74, 6) is 0.719. The number of nitrogens with zero attached hydrogens (tertiary/aromatic N) is 4. The number of rotatable bonds is 5. The predicted molar refractivity (Wildman–Crippen MR) is 114 cm³/mol. The van der Waals surface area contributed by atoms with Gasteiger partial charge in [0.05, 0.1) is 30.6 Å². The van der Waals surface area contributed by atoms with Crippen LogP contribution >= 0.6 is 24.0 Å².